The molecule has 1 saturated heterocycles. The minimum absolute atomic E-state index is 0.862. The van der Waals surface area contributed by atoms with Gasteiger partial charge < -0.3 is 10.2 Å². The Kier molecular flexibility index (Phi) is 5.25. The maximum atomic E-state index is 5.92. The first kappa shape index (κ1) is 13.3. The zero-order chi connectivity index (χ0) is 12.1. The Labute approximate surface area is 112 Å². The van der Waals surface area contributed by atoms with Crippen LogP contribution in [0.1, 0.15) is 4.88 Å². The average Bonchev–Trinajstić information content (AvgIpc) is 2.73. The van der Waals surface area contributed by atoms with Gasteiger partial charge in [-0.05, 0) is 13.1 Å². The van der Waals surface area contributed by atoms with Crippen LogP contribution in [0, 0.1) is 0 Å². The third kappa shape index (κ3) is 4.56. The highest BCUT2D eigenvalue weighted by Crippen LogP contribution is 2.20. The fraction of sp³-hybridized carbons (Fsp3) is 0.667. The lowest BCUT2D eigenvalue weighted by atomic mass is 10.3. The number of nitrogens with zero attached hydrogens (tertiary/aromatic N) is 2. The normalized spacial score (nSPS) is 17.8. The van der Waals surface area contributed by atoms with E-state index in [0.29, 0.717) is 0 Å². The highest BCUT2D eigenvalue weighted by molar-refractivity contribution is 7.10. The molecule has 1 aliphatic heterocycles. The molecule has 0 aliphatic carbocycles. The summed E-state index contributed by atoms with van der Waals surface area (Å²) >= 11 is 7.66. The molecule has 0 saturated carbocycles. The van der Waals surface area contributed by atoms with Gasteiger partial charge in [-0.2, -0.15) is 0 Å². The summed E-state index contributed by atoms with van der Waals surface area (Å²) in [7, 11) is 2.18. The Morgan fingerprint density at radius 2 is 2.24 bits per heavy atom. The number of halogens is 1. The van der Waals surface area contributed by atoms with Crippen LogP contribution in [-0.2, 0) is 6.54 Å². The van der Waals surface area contributed by atoms with Crippen molar-refractivity contribution in [1.82, 2.24) is 15.1 Å². The van der Waals surface area contributed by atoms with Crippen LogP contribution in [0.2, 0.25) is 5.02 Å². The van der Waals surface area contributed by atoms with E-state index < -0.39 is 0 Å². The summed E-state index contributed by atoms with van der Waals surface area (Å²) in [5, 5.41) is 6.24. The lowest BCUT2D eigenvalue weighted by molar-refractivity contribution is 0.203. The number of piperazine rings is 1. The summed E-state index contributed by atoms with van der Waals surface area (Å²) in [5.74, 6) is 0. The predicted octanol–water partition coefficient (Wildman–Crippen LogP) is 1.74. The zero-order valence-corrected chi connectivity index (χ0v) is 11.9. The first-order valence-electron chi connectivity index (χ1n) is 6.08. The van der Waals surface area contributed by atoms with Gasteiger partial charge in [0, 0.05) is 56.1 Å². The molecule has 0 bridgehead atoms. The molecular formula is C12H20ClN3S. The predicted molar refractivity (Wildman–Crippen MR) is 75.0 cm³/mol. The van der Waals surface area contributed by atoms with Crippen LogP contribution in [0.3, 0.4) is 0 Å². The first-order valence-corrected chi connectivity index (χ1v) is 7.34. The van der Waals surface area contributed by atoms with Gasteiger partial charge in [-0.3, -0.25) is 4.90 Å². The van der Waals surface area contributed by atoms with Gasteiger partial charge in [0.2, 0.25) is 0 Å². The molecule has 96 valence electrons. The van der Waals surface area contributed by atoms with Crippen molar-refractivity contribution in [3.8, 4) is 0 Å². The molecule has 1 aromatic rings. The Balaban J connectivity index is 1.68. The van der Waals surface area contributed by atoms with Gasteiger partial charge >= 0.3 is 0 Å². The molecule has 2 rings (SSSR count). The number of nitrogens with one attached hydrogen (secondary N) is 1. The van der Waals surface area contributed by atoms with E-state index in [1.807, 2.05) is 5.38 Å². The van der Waals surface area contributed by atoms with Crippen molar-refractivity contribution >= 4 is 22.9 Å². The molecule has 0 unspecified atom stereocenters. The first-order chi connectivity index (χ1) is 8.24. The van der Waals surface area contributed by atoms with E-state index in [-0.39, 0.29) is 0 Å². The molecule has 1 N–H and O–H groups in total. The standard InChI is InChI=1S/C12H20ClN3S/c1-15(9-12-8-11(13)10-17-12)6-7-16-4-2-14-3-5-16/h8,10,14H,2-7,9H2,1H3. The minimum Gasteiger partial charge on any atom is -0.314 e. The van der Waals surface area contributed by atoms with Crippen molar-refractivity contribution in [1.29, 1.82) is 0 Å². The van der Waals surface area contributed by atoms with E-state index >= 15 is 0 Å². The topological polar surface area (TPSA) is 18.5 Å². The van der Waals surface area contributed by atoms with Gasteiger partial charge in [-0.25, -0.2) is 0 Å². The Hall–Kier alpha value is -0.130. The molecule has 3 nitrogen and oxygen atoms in total. The Morgan fingerprint density at radius 1 is 1.47 bits per heavy atom. The van der Waals surface area contributed by atoms with Crippen LogP contribution in [0.5, 0.6) is 0 Å². The van der Waals surface area contributed by atoms with Crippen LogP contribution in [0.25, 0.3) is 0 Å². The molecular weight excluding hydrogens is 254 g/mol. The summed E-state index contributed by atoms with van der Waals surface area (Å²) < 4.78 is 0. The molecule has 1 fully saturated rings. The van der Waals surface area contributed by atoms with E-state index in [2.05, 4.69) is 28.2 Å². The summed E-state index contributed by atoms with van der Waals surface area (Å²) in [6.45, 7) is 7.90. The quantitative estimate of drug-likeness (QED) is 0.882. The fourth-order valence-corrected chi connectivity index (χ4v) is 3.18. The molecule has 2 heterocycles. The molecule has 5 heteroatoms. The van der Waals surface area contributed by atoms with Crippen molar-refractivity contribution < 1.29 is 0 Å². The van der Waals surface area contributed by atoms with Crippen molar-refractivity contribution in [2.45, 2.75) is 6.54 Å². The van der Waals surface area contributed by atoms with Crippen molar-refractivity contribution in [3.05, 3.63) is 21.3 Å². The molecule has 0 spiro atoms. The average molecular weight is 274 g/mol. The monoisotopic (exact) mass is 273 g/mol. The van der Waals surface area contributed by atoms with Crippen molar-refractivity contribution in [3.63, 3.8) is 0 Å². The number of likely N-dealkylation sites (N-methyl/N-ethyl adjacent to an activating group) is 1. The van der Waals surface area contributed by atoms with Gasteiger partial charge in [0.15, 0.2) is 0 Å². The molecule has 17 heavy (non-hydrogen) atoms. The largest absolute Gasteiger partial charge is 0.314 e. The second-order valence-electron chi connectivity index (χ2n) is 4.56. The maximum Gasteiger partial charge on any atom is 0.0516 e. The molecule has 1 aromatic heterocycles. The molecule has 0 amide bonds. The van der Waals surface area contributed by atoms with E-state index in [4.69, 9.17) is 11.6 Å². The van der Waals surface area contributed by atoms with Crippen molar-refractivity contribution in [2.24, 2.45) is 0 Å². The smallest absolute Gasteiger partial charge is 0.0516 e. The fourth-order valence-electron chi connectivity index (χ4n) is 2.03. The van der Waals surface area contributed by atoms with Gasteiger partial charge in [0.1, 0.15) is 0 Å². The number of rotatable bonds is 5. The molecule has 0 aromatic carbocycles. The SMILES string of the molecule is CN(CCN1CCNCC1)Cc1cc(Cl)cs1. The maximum absolute atomic E-state index is 5.92. The highest BCUT2D eigenvalue weighted by Gasteiger charge is 2.10. The third-order valence-corrected chi connectivity index (χ3v) is 4.32. The molecule has 0 atom stereocenters. The van der Waals surface area contributed by atoms with Crippen LogP contribution in [0.15, 0.2) is 11.4 Å². The van der Waals surface area contributed by atoms with E-state index in [0.717, 1.165) is 37.7 Å². The third-order valence-electron chi connectivity index (χ3n) is 3.06. The van der Waals surface area contributed by atoms with Crippen LogP contribution in [0.4, 0.5) is 0 Å². The van der Waals surface area contributed by atoms with Gasteiger partial charge in [0.05, 0.1) is 5.02 Å². The summed E-state index contributed by atoms with van der Waals surface area (Å²) in [6.07, 6.45) is 0. The van der Waals surface area contributed by atoms with Gasteiger partial charge in [0.25, 0.3) is 0 Å². The second-order valence-corrected chi connectivity index (χ2v) is 5.99. The van der Waals surface area contributed by atoms with Crippen LogP contribution >= 0.6 is 22.9 Å². The minimum atomic E-state index is 0.862. The molecule has 1 aliphatic rings. The second kappa shape index (κ2) is 6.71. The molecule has 0 radical (unpaired) electrons. The number of thiophene rings is 1. The Bertz CT molecular complexity index is 336. The zero-order valence-electron chi connectivity index (χ0n) is 10.3. The van der Waals surface area contributed by atoms with Crippen molar-refractivity contribution in [2.75, 3.05) is 46.3 Å². The van der Waals surface area contributed by atoms with E-state index in [1.165, 1.54) is 18.0 Å². The van der Waals surface area contributed by atoms with Crippen LogP contribution < -0.4 is 5.32 Å². The lowest BCUT2D eigenvalue weighted by Gasteiger charge is -2.28. The van der Waals surface area contributed by atoms with Gasteiger partial charge in [-0.1, -0.05) is 11.6 Å². The number of hydrogen-bond donors (Lipinski definition) is 1. The summed E-state index contributed by atoms with van der Waals surface area (Å²) in [6, 6.07) is 2.06. The summed E-state index contributed by atoms with van der Waals surface area (Å²) in [5.41, 5.74) is 0. The summed E-state index contributed by atoms with van der Waals surface area (Å²) in [4.78, 5) is 6.23. The van der Waals surface area contributed by atoms with E-state index in [1.54, 1.807) is 11.3 Å². The number of hydrogen-bond acceptors (Lipinski definition) is 4. The highest BCUT2D eigenvalue weighted by atomic mass is 35.5. The van der Waals surface area contributed by atoms with Crippen LogP contribution in [-0.4, -0.2) is 56.1 Å². The lowest BCUT2D eigenvalue weighted by Crippen LogP contribution is -2.45. The van der Waals surface area contributed by atoms with Gasteiger partial charge in [-0.15, -0.1) is 11.3 Å². The Morgan fingerprint density at radius 3 is 2.88 bits per heavy atom. The van der Waals surface area contributed by atoms with E-state index in [9.17, 15) is 0 Å².